The van der Waals surface area contributed by atoms with E-state index in [0.717, 1.165) is 0 Å². The summed E-state index contributed by atoms with van der Waals surface area (Å²) >= 11 is 5.87. The number of esters is 1. The monoisotopic (exact) mass is 403 g/mol. The quantitative estimate of drug-likeness (QED) is 0.483. The number of anilines is 1. The molecule has 2 aromatic carbocycles. The lowest BCUT2D eigenvalue weighted by Gasteiger charge is -2.09. The van der Waals surface area contributed by atoms with Gasteiger partial charge in [-0.15, -0.1) is 0 Å². The lowest BCUT2D eigenvalue weighted by molar-refractivity contribution is -0.149. The molecular weight excluding hydrogens is 386 g/mol. The first-order chi connectivity index (χ1) is 13.5. The summed E-state index contributed by atoms with van der Waals surface area (Å²) in [5, 5.41) is 2.86. The number of ether oxygens (including phenoxy) is 1. The van der Waals surface area contributed by atoms with Crippen LogP contribution in [0.4, 0.5) is 5.69 Å². The van der Waals surface area contributed by atoms with Gasteiger partial charge in [0.1, 0.15) is 0 Å². The molecule has 3 amide bonds. The van der Waals surface area contributed by atoms with Crippen LogP contribution < -0.4 is 16.2 Å². The molecule has 0 heterocycles. The number of hydrazine groups is 1. The number of carbonyl (C=O) groups is 4. The van der Waals surface area contributed by atoms with Crippen molar-refractivity contribution in [3.8, 4) is 0 Å². The minimum atomic E-state index is -0.734. The maximum absolute atomic E-state index is 11.9. The molecule has 0 saturated carbocycles. The largest absolute Gasteiger partial charge is 0.455 e. The van der Waals surface area contributed by atoms with Crippen molar-refractivity contribution in [2.75, 3.05) is 11.9 Å². The highest BCUT2D eigenvalue weighted by Gasteiger charge is 2.13. The Hall–Kier alpha value is -3.39. The molecule has 0 aliphatic carbocycles. The number of halogens is 1. The van der Waals surface area contributed by atoms with Crippen LogP contribution in [0, 0.1) is 0 Å². The second-order valence-electron chi connectivity index (χ2n) is 5.56. The van der Waals surface area contributed by atoms with Gasteiger partial charge in [0.15, 0.2) is 6.61 Å². The number of nitrogens with one attached hydrogen (secondary N) is 3. The topological polar surface area (TPSA) is 114 Å². The fourth-order valence-electron chi connectivity index (χ4n) is 2.05. The number of hydrogen-bond donors (Lipinski definition) is 3. The molecule has 0 radical (unpaired) electrons. The smallest absolute Gasteiger partial charge is 0.306 e. The van der Waals surface area contributed by atoms with E-state index in [1.165, 1.54) is 12.1 Å². The molecule has 146 valence electrons. The van der Waals surface area contributed by atoms with Gasteiger partial charge in [-0.1, -0.05) is 41.9 Å². The minimum Gasteiger partial charge on any atom is -0.455 e. The van der Waals surface area contributed by atoms with E-state index in [1.807, 2.05) is 6.07 Å². The second kappa shape index (κ2) is 10.7. The highest BCUT2D eigenvalue weighted by molar-refractivity contribution is 6.33. The summed E-state index contributed by atoms with van der Waals surface area (Å²) in [7, 11) is 0. The van der Waals surface area contributed by atoms with E-state index < -0.39 is 24.4 Å². The normalized spacial score (nSPS) is 9.89. The molecule has 0 aliphatic heterocycles. The van der Waals surface area contributed by atoms with Crippen LogP contribution in [0.1, 0.15) is 23.2 Å². The van der Waals surface area contributed by atoms with E-state index in [2.05, 4.69) is 16.2 Å². The Kier molecular flexibility index (Phi) is 7.98. The maximum atomic E-state index is 11.9. The van der Waals surface area contributed by atoms with Gasteiger partial charge in [0.2, 0.25) is 5.91 Å². The van der Waals surface area contributed by atoms with Gasteiger partial charge in [0.05, 0.1) is 17.0 Å². The molecule has 3 N–H and O–H groups in total. The summed E-state index contributed by atoms with van der Waals surface area (Å²) in [6.45, 7) is -0.595. The van der Waals surface area contributed by atoms with Crippen LogP contribution in [0.15, 0.2) is 54.6 Å². The van der Waals surface area contributed by atoms with Gasteiger partial charge in [-0.25, -0.2) is 0 Å². The first-order valence-electron chi connectivity index (χ1n) is 8.30. The van der Waals surface area contributed by atoms with Crippen molar-refractivity contribution >= 4 is 41.0 Å². The zero-order valence-corrected chi connectivity index (χ0v) is 15.5. The highest BCUT2D eigenvalue weighted by Crippen LogP contribution is 2.14. The number of amides is 3. The third-order valence-electron chi connectivity index (χ3n) is 3.41. The molecule has 0 atom stereocenters. The van der Waals surface area contributed by atoms with E-state index in [9.17, 15) is 19.2 Å². The molecule has 0 aromatic heterocycles. The molecule has 0 spiro atoms. The average Bonchev–Trinajstić information content (AvgIpc) is 2.70. The summed E-state index contributed by atoms with van der Waals surface area (Å²) < 4.78 is 4.76. The van der Waals surface area contributed by atoms with Gasteiger partial charge in [-0.3, -0.25) is 30.0 Å². The number of benzene rings is 2. The molecular formula is C19H18ClN3O5. The van der Waals surface area contributed by atoms with Crippen molar-refractivity contribution < 1.29 is 23.9 Å². The minimum absolute atomic E-state index is 0.0847. The SMILES string of the molecule is O=C(COC(=O)CCC(=O)Nc1ccccc1)NNC(=O)c1ccccc1Cl. The number of rotatable bonds is 7. The molecule has 28 heavy (non-hydrogen) atoms. The van der Waals surface area contributed by atoms with Gasteiger partial charge in [0, 0.05) is 12.1 Å². The Morgan fingerprint density at radius 1 is 0.821 bits per heavy atom. The Morgan fingerprint density at radius 2 is 1.50 bits per heavy atom. The number of para-hydroxylation sites is 1. The summed E-state index contributed by atoms with van der Waals surface area (Å²) in [5.74, 6) is -2.40. The summed E-state index contributed by atoms with van der Waals surface area (Å²) in [6, 6.07) is 15.1. The maximum Gasteiger partial charge on any atom is 0.306 e. The predicted octanol–water partition coefficient (Wildman–Crippen LogP) is 2.06. The predicted molar refractivity (Wildman–Crippen MR) is 102 cm³/mol. The first-order valence-corrected chi connectivity index (χ1v) is 8.67. The van der Waals surface area contributed by atoms with Crippen LogP contribution in [-0.4, -0.2) is 30.3 Å². The van der Waals surface area contributed by atoms with Crippen molar-refractivity contribution in [3.63, 3.8) is 0 Å². The zero-order chi connectivity index (χ0) is 20.4. The molecule has 2 rings (SSSR count). The Morgan fingerprint density at radius 3 is 2.21 bits per heavy atom. The van der Waals surface area contributed by atoms with Crippen LogP contribution in [-0.2, 0) is 19.1 Å². The summed E-state index contributed by atoms with van der Waals surface area (Å²) in [6.07, 6.45) is -0.267. The summed E-state index contributed by atoms with van der Waals surface area (Å²) in [5.41, 5.74) is 5.08. The Labute approximate surface area is 166 Å². The third kappa shape index (κ3) is 7.08. The molecule has 0 saturated heterocycles. The van der Waals surface area contributed by atoms with Gasteiger partial charge in [-0.05, 0) is 24.3 Å². The van der Waals surface area contributed by atoms with Crippen LogP contribution >= 0.6 is 11.6 Å². The molecule has 0 bridgehead atoms. The van der Waals surface area contributed by atoms with Gasteiger partial charge < -0.3 is 10.1 Å². The standard InChI is InChI=1S/C19H18ClN3O5/c20-15-9-5-4-8-14(15)19(27)23-22-17(25)12-28-18(26)11-10-16(24)21-13-6-2-1-3-7-13/h1-9H,10-12H2,(H,21,24)(H,22,25)(H,23,27). The highest BCUT2D eigenvalue weighted by atomic mass is 35.5. The van der Waals surface area contributed by atoms with Crippen LogP contribution in [0.3, 0.4) is 0 Å². The third-order valence-corrected chi connectivity index (χ3v) is 3.74. The van der Waals surface area contributed by atoms with E-state index in [1.54, 1.807) is 36.4 Å². The second-order valence-corrected chi connectivity index (χ2v) is 5.96. The molecule has 2 aromatic rings. The van der Waals surface area contributed by atoms with Crippen LogP contribution in [0.2, 0.25) is 5.02 Å². The molecule has 0 unspecified atom stereocenters. The van der Waals surface area contributed by atoms with Gasteiger partial charge >= 0.3 is 5.97 Å². The van der Waals surface area contributed by atoms with E-state index >= 15 is 0 Å². The molecule has 9 heteroatoms. The van der Waals surface area contributed by atoms with Crippen molar-refractivity contribution in [3.05, 3.63) is 65.2 Å². The fraction of sp³-hybridized carbons (Fsp3) is 0.158. The fourth-order valence-corrected chi connectivity index (χ4v) is 2.28. The van der Waals surface area contributed by atoms with Crippen molar-refractivity contribution in [2.45, 2.75) is 12.8 Å². The zero-order valence-electron chi connectivity index (χ0n) is 14.7. The van der Waals surface area contributed by atoms with Gasteiger partial charge in [0.25, 0.3) is 11.8 Å². The summed E-state index contributed by atoms with van der Waals surface area (Å²) in [4.78, 5) is 46.9. The first kappa shape index (κ1) is 20.9. The lowest BCUT2D eigenvalue weighted by Crippen LogP contribution is -2.43. The molecule has 0 fully saturated rings. The van der Waals surface area contributed by atoms with Crippen molar-refractivity contribution in [1.82, 2.24) is 10.9 Å². The number of carbonyl (C=O) groups excluding carboxylic acids is 4. The van der Waals surface area contributed by atoms with Crippen molar-refractivity contribution in [2.24, 2.45) is 0 Å². The van der Waals surface area contributed by atoms with E-state index in [4.69, 9.17) is 16.3 Å². The van der Waals surface area contributed by atoms with E-state index in [0.29, 0.717) is 5.69 Å². The van der Waals surface area contributed by atoms with E-state index in [-0.39, 0.29) is 29.3 Å². The van der Waals surface area contributed by atoms with Crippen molar-refractivity contribution in [1.29, 1.82) is 0 Å². The molecule has 8 nitrogen and oxygen atoms in total. The van der Waals surface area contributed by atoms with Crippen LogP contribution in [0.5, 0.6) is 0 Å². The average molecular weight is 404 g/mol. The van der Waals surface area contributed by atoms with Gasteiger partial charge in [-0.2, -0.15) is 0 Å². The van der Waals surface area contributed by atoms with Crippen LogP contribution in [0.25, 0.3) is 0 Å². The number of hydrogen-bond acceptors (Lipinski definition) is 5. The Balaban J connectivity index is 1.64. The molecule has 0 aliphatic rings. The lowest BCUT2D eigenvalue weighted by atomic mass is 10.2. The Bertz CT molecular complexity index is 858.